The topological polar surface area (TPSA) is 0 Å². The van der Waals surface area contributed by atoms with Crippen LogP contribution in [0, 0.1) is 0 Å². The van der Waals surface area contributed by atoms with Crippen LogP contribution in [0.15, 0.2) is 0 Å². The van der Waals surface area contributed by atoms with Crippen LogP contribution in [-0.2, 0) is 0 Å². The van der Waals surface area contributed by atoms with Crippen LogP contribution < -0.4 is 15.0 Å². The summed E-state index contributed by atoms with van der Waals surface area (Å²) in [5.74, 6) is 0. The molecule has 0 amide bonds. The van der Waals surface area contributed by atoms with Gasteiger partial charge >= 0.3 is 121 Å². The van der Waals surface area contributed by atoms with Crippen LogP contribution in [0.2, 0.25) is 9.63 Å². The van der Waals surface area contributed by atoms with Crippen molar-refractivity contribution in [1.29, 1.82) is 0 Å². The van der Waals surface area contributed by atoms with E-state index in [1.165, 1.54) is 25.7 Å². The Hall–Kier alpha value is 2.94. The van der Waals surface area contributed by atoms with Gasteiger partial charge in [-0.2, -0.15) is 0 Å². The van der Waals surface area contributed by atoms with Gasteiger partial charge < -0.3 is 0 Å². The normalized spacial score (nSPS) is 50.8. The molecule has 0 aromatic rings. The zero-order chi connectivity index (χ0) is 9.42. The van der Waals surface area contributed by atoms with Gasteiger partial charge in [0.25, 0.3) is 0 Å². The van der Waals surface area contributed by atoms with Crippen molar-refractivity contribution in [2.24, 2.45) is 0 Å². The van der Waals surface area contributed by atoms with Crippen LogP contribution in [0.4, 0.5) is 0 Å². The zero-order valence-electron chi connectivity index (χ0n) is 7.06. The first-order chi connectivity index (χ1) is 6.24. The molecular formula is C8H12Br2I2Se. The van der Waals surface area contributed by atoms with Crippen molar-refractivity contribution in [3.8, 4) is 0 Å². The maximum absolute atomic E-state index is 3.91. The third-order valence-corrected chi connectivity index (χ3v) is 33.9. The summed E-state index contributed by atoms with van der Waals surface area (Å²) in [4.78, 5) is 4.06. The first-order valence-electron chi connectivity index (χ1n) is 4.50. The molecule has 2 aliphatic heterocycles. The van der Waals surface area contributed by atoms with Gasteiger partial charge in [-0.05, 0) is 0 Å². The molecule has 78 valence electrons. The molecule has 0 aliphatic carbocycles. The second kappa shape index (κ2) is 5.52. The van der Waals surface area contributed by atoms with Crippen molar-refractivity contribution in [2.45, 2.75) is 45.0 Å². The minimum absolute atomic E-state index is 0.198. The van der Waals surface area contributed by atoms with Crippen LogP contribution in [0.5, 0.6) is 0 Å². The molecule has 0 aromatic carbocycles. The van der Waals surface area contributed by atoms with Gasteiger partial charge in [-0.1, -0.05) is 0 Å². The molecule has 2 rings (SSSR count). The number of fused-ring (bicyclic) bond motifs is 2. The van der Waals surface area contributed by atoms with E-state index in [9.17, 15) is 0 Å². The molecule has 0 aromatic heterocycles. The zero-order valence-corrected chi connectivity index (χ0v) is 16.3. The van der Waals surface area contributed by atoms with E-state index >= 15 is 0 Å². The summed E-state index contributed by atoms with van der Waals surface area (Å²) in [5, 5.41) is 0. The third kappa shape index (κ3) is 2.61. The Balaban J connectivity index is 2.14. The molecule has 0 nitrogen and oxygen atoms in total. The van der Waals surface area contributed by atoms with Crippen LogP contribution in [0.25, 0.3) is 0 Å². The van der Waals surface area contributed by atoms with Crippen molar-refractivity contribution >= 4 is 61.1 Å². The summed E-state index contributed by atoms with van der Waals surface area (Å²) in [6.45, 7) is 0. The van der Waals surface area contributed by atoms with E-state index in [2.05, 4.69) is 50.5 Å². The monoisotopic (exact) mass is 600 g/mol. The maximum atomic E-state index is 3.91. The first-order valence-corrected chi connectivity index (χ1v) is 19.8. The second-order valence-electron chi connectivity index (χ2n) is 3.64. The van der Waals surface area contributed by atoms with E-state index in [0.29, 0.717) is 15.0 Å². The van der Waals surface area contributed by atoms with E-state index in [-0.39, 0.29) is 10.7 Å². The van der Waals surface area contributed by atoms with Gasteiger partial charge in [-0.3, -0.25) is 0 Å². The molecule has 0 unspecified atom stereocenters. The second-order valence-corrected chi connectivity index (χ2v) is 28.7. The Kier molecular flexibility index (Phi) is 5.26. The molecule has 4 atom stereocenters. The molecule has 0 spiro atoms. The average Bonchev–Trinajstić information content (AvgIpc) is 2.14. The van der Waals surface area contributed by atoms with Gasteiger partial charge in [0.2, 0.25) is 0 Å². The fourth-order valence-corrected chi connectivity index (χ4v) is 40.5. The van der Waals surface area contributed by atoms with Crippen LogP contribution in [0.3, 0.4) is 0 Å². The Labute approximate surface area is 119 Å². The number of rotatable bonds is 1. The Morgan fingerprint density at radius 2 is 1.46 bits per heavy atom. The van der Waals surface area contributed by atoms with Crippen molar-refractivity contribution < 1.29 is 15.0 Å². The van der Waals surface area contributed by atoms with E-state index < -0.39 is 0 Å². The Bertz CT molecular complexity index is 175. The molecule has 0 saturated carbocycles. The number of alkyl halides is 2. The Morgan fingerprint density at radius 1 is 1.00 bits per heavy atom. The third-order valence-electron chi connectivity index (χ3n) is 2.91. The Morgan fingerprint density at radius 3 is 1.85 bits per heavy atom. The number of hydrogen-bond acceptors (Lipinski definition) is 0. The van der Waals surface area contributed by atoms with Crippen LogP contribution in [-0.4, -0.2) is 20.3 Å². The summed E-state index contributed by atoms with van der Waals surface area (Å²) in [6.07, 6.45) is 5.90. The van der Waals surface area contributed by atoms with E-state index in [4.69, 9.17) is 0 Å². The van der Waals surface area contributed by atoms with Gasteiger partial charge in [-0.25, -0.2) is 0 Å². The van der Waals surface area contributed by atoms with Crippen molar-refractivity contribution in [1.82, 2.24) is 0 Å². The first kappa shape index (κ1) is 12.4. The molecule has 2 bridgehead atoms. The molecule has 2 heterocycles. The van der Waals surface area contributed by atoms with Crippen LogP contribution >= 0.6 is 50.5 Å². The molecule has 5 heteroatoms. The summed E-state index contributed by atoms with van der Waals surface area (Å²) >= 11 is 11.1. The molecule has 2 saturated heterocycles. The van der Waals surface area contributed by atoms with Crippen molar-refractivity contribution in [3.05, 3.63) is 0 Å². The van der Waals surface area contributed by atoms with Gasteiger partial charge in [-0.15, -0.1) is 0 Å². The average molecular weight is 601 g/mol. The number of hydrogen-bond donors (Lipinski definition) is 0. The quantitative estimate of drug-likeness (QED) is 0.242. The minimum atomic E-state index is -0.198. The molecule has 2 aliphatic rings. The summed E-state index contributed by atoms with van der Waals surface area (Å²) < 4.78 is 0. The van der Waals surface area contributed by atoms with E-state index in [1.807, 2.05) is 0 Å². The fraction of sp³-hybridized carbons (Fsp3) is 1.00. The van der Waals surface area contributed by atoms with E-state index in [1.54, 1.807) is 0 Å². The SMILES string of the molecule is Br[C@H]1CC[C@H]2[C@@H](Br)CC[C@@H]1[Se+]2[I-]I. The van der Waals surface area contributed by atoms with Gasteiger partial charge in [0.1, 0.15) is 0 Å². The van der Waals surface area contributed by atoms with E-state index in [0.717, 1.165) is 19.3 Å². The standard InChI is InChI=1S/C8H12Br2I2Se/c9-5-1-3-7-6(10)2-4-8(5)13(7)12-11/h5-8H,1-4H2/t5-,6-,7-,8-/m0/s1. The van der Waals surface area contributed by atoms with Gasteiger partial charge in [0.05, 0.1) is 0 Å². The molecule has 0 N–H and O–H groups in total. The predicted molar refractivity (Wildman–Crippen MR) is 71.2 cm³/mol. The predicted octanol–water partition coefficient (Wildman–Crippen LogP) is 1.27. The van der Waals surface area contributed by atoms with Crippen molar-refractivity contribution in [2.75, 3.05) is 0 Å². The molecule has 2 fully saturated rings. The fourth-order valence-electron chi connectivity index (χ4n) is 2.20. The summed E-state index contributed by atoms with van der Waals surface area (Å²) in [7, 11) is -0.198. The molecular weight excluding hydrogens is 589 g/mol. The number of halogens is 4. The molecule has 13 heavy (non-hydrogen) atoms. The summed E-state index contributed by atoms with van der Waals surface area (Å²) in [6, 6.07) is 0. The van der Waals surface area contributed by atoms with Gasteiger partial charge in [0.15, 0.2) is 0 Å². The van der Waals surface area contributed by atoms with Crippen molar-refractivity contribution in [3.63, 3.8) is 0 Å². The molecule has 0 radical (unpaired) electrons. The summed E-state index contributed by atoms with van der Waals surface area (Å²) in [5.41, 5.74) is 0. The van der Waals surface area contributed by atoms with Crippen LogP contribution in [0.1, 0.15) is 25.7 Å². The van der Waals surface area contributed by atoms with Gasteiger partial charge in [0, 0.05) is 0 Å².